The summed E-state index contributed by atoms with van der Waals surface area (Å²) >= 11 is 0. The molecule has 1 aromatic carbocycles. The van der Waals surface area contributed by atoms with Crippen LogP contribution in [0, 0.1) is 0 Å². The zero-order valence-corrected chi connectivity index (χ0v) is 17.5. The summed E-state index contributed by atoms with van der Waals surface area (Å²) in [5.74, 6) is 0.155. The molecule has 0 N–H and O–H groups in total. The lowest BCUT2D eigenvalue weighted by molar-refractivity contribution is -0.137. The van der Waals surface area contributed by atoms with Crippen molar-refractivity contribution < 1.29 is 18.0 Å². The maximum absolute atomic E-state index is 13.0. The Bertz CT molecular complexity index is 862. The molecule has 168 valence electrons. The van der Waals surface area contributed by atoms with Crippen LogP contribution in [-0.2, 0) is 17.5 Å². The fourth-order valence-electron chi connectivity index (χ4n) is 4.50. The maximum Gasteiger partial charge on any atom is 0.416 e. The van der Waals surface area contributed by atoms with Crippen LogP contribution in [0.3, 0.4) is 0 Å². The summed E-state index contributed by atoms with van der Waals surface area (Å²) < 4.78 is 40.8. The molecule has 0 unspecified atom stereocenters. The van der Waals surface area contributed by atoms with Crippen LogP contribution in [-0.4, -0.2) is 70.8 Å². The number of amides is 1. The SMILES string of the molecule is O=C(CCn1cccn1)N1CCC[C@H](N2CCN(c3cccc(C(F)(F)F)c3)CC2)C1. The highest BCUT2D eigenvalue weighted by molar-refractivity contribution is 5.76. The van der Waals surface area contributed by atoms with Gasteiger partial charge in [-0.3, -0.25) is 14.4 Å². The lowest BCUT2D eigenvalue weighted by atomic mass is 10.0. The third kappa shape index (κ3) is 5.39. The number of alkyl halides is 3. The first-order valence-electron chi connectivity index (χ1n) is 10.8. The molecule has 0 saturated carbocycles. The van der Waals surface area contributed by atoms with E-state index < -0.39 is 11.7 Å². The van der Waals surface area contributed by atoms with Crippen LogP contribution in [0.25, 0.3) is 0 Å². The van der Waals surface area contributed by atoms with Crippen LogP contribution < -0.4 is 4.90 Å². The third-order valence-electron chi connectivity index (χ3n) is 6.23. The first kappa shape index (κ1) is 21.7. The second-order valence-corrected chi connectivity index (χ2v) is 8.23. The van der Waals surface area contributed by atoms with Gasteiger partial charge >= 0.3 is 6.18 Å². The summed E-state index contributed by atoms with van der Waals surface area (Å²) in [4.78, 5) is 19.0. The van der Waals surface area contributed by atoms with Gasteiger partial charge in [0.05, 0.1) is 5.56 Å². The van der Waals surface area contributed by atoms with Gasteiger partial charge in [0.1, 0.15) is 0 Å². The Labute approximate surface area is 180 Å². The van der Waals surface area contributed by atoms with Crippen molar-refractivity contribution >= 4 is 11.6 Å². The zero-order chi connectivity index (χ0) is 21.8. The smallest absolute Gasteiger partial charge is 0.369 e. The van der Waals surface area contributed by atoms with Crippen LogP contribution in [0.4, 0.5) is 18.9 Å². The number of nitrogens with zero attached hydrogens (tertiary/aromatic N) is 5. The molecule has 31 heavy (non-hydrogen) atoms. The van der Waals surface area contributed by atoms with Gasteiger partial charge < -0.3 is 9.80 Å². The van der Waals surface area contributed by atoms with E-state index in [1.54, 1.807) is 16.9 Å². The van der Waals surface area contributed by atoms with Gasteiger partial charge in [0, 0.05) is 76.4 Å². The van der Waals surface area contributed by atoms with Crippen molar-refractivity contribution in [1.29, 1.82) is 0 Å². The van der Waals surface area contributed by atoms with E-state index in [0.29, 0.717) is 37.8 Å². The Morgan fingerprint density at radius 1 is 1.10 bits per heavy atom. The number of carbonyl (C=O) groups is 1. The normalized spacial score (nSPS) is 20.8. The van der Waals surface area contributed by atoms with E-state index in [4.69, 9.17) is 0 Å². The van der Waals surface area contributed by atoms with E-state index in [-0.39, 0.29) is 5.91 Å². The minimum atomic E-state index is -4.33. The average Bonchev–Trinajstić information content (AvgIpc) is 3.31. The molecule has 1 aromatic heterocycles. The molecule has 6 nitrogen and oxygen atoms in total. The van der Waals surface area contributed by atoms with Crippen LogP contribution in [0.5, 0.6) is 0 Å². The Morgan fingerprint density at radius 3 is 2.61 bits per heavy atom. The topological polar surface area (TPSA) is 44.6 Å². The predicted molar refractivity (Wildman–Crippen MR) is 112 cm³/mol. The van der Waals surface area contributed by atoms with E-state index in [1.165, 1.54) is 12.1 Å². The Kier molecular flexibility index (Phi) is 6.50. The molecular weight excluding hydrogens is 407 g/mol. The van der Waals surface area contributed by atoms with Gasteiger partial charge in [-0.05, 0) is 37.1 Å². The number of carbonyl (C=O) groups excluding carboxylic acids is 1. The second-order valence-electron chi connectivity index (χ2n) is 8.23. The van der Waals surface area contributed by atoms with Crippen LogP contribution >= 0.6 is 0 Å². The van der Waals surface area contributed by atoms with Crippen LogP contribution in [0.2, 0.25) is 0 Å². The van der Waals surface area contributed by atoms with Crippen molar-refractivity contribution in [3.63, 3.8) is 0 Å². The summed E-state index contributed by atoms with van der Waals surface area (Å²) in [7, 11) is 0. The molecule has 4 rings (SSSR count). The molecule has 2 aliphatic rings. The predicted octanol–water partition coefficient (Wildman–Crippen LogP) is 3.11. The van der Waals surface area contributed by atoms with Crippen LogP contribution in [0.15, 0.2) is 42.7 Å². The number of likely N-dealkylation sites (tertiary alicyclic amines) is 1. The quantitative estimate of drug-likeness (QED) is 0.724. The molecule has 0 bridgehead atoms. The zero-order valence-electron chi connectivity index (χ0n) is 17.5. The molecule has 2 fully saturated rings. The molecule has 0 radical (unpaired) electrons. The van der Waals surface area contributed by atoms with Crippen molar-refractivity contribution in [2.24, 2.45) is 0 Å². The van der Waals surface area contributed by atoms with Gasteiger partial charge in [-0.15, -0.1) is 0 Å². The minimum absolute atomic E-state index is 0.155. The molecule has 1 atom stereocenters. The Morgan fingerprint density at radius 2 is 1.90 bits per heavy atom. The Balaban J connectivity index is 1.29. The van der Waals surface area contributed by atoms with E-state index >= 15 is 0 Å². The van der Waals surface area contributed by atoms with Gasteiger partial charge in [-0.1, -0.05) is 6.07 Å². The lowest BCUT2D eigenvalue weighted by Gasteiger charge is -2.44. The second kappa shape index (κ2) is 9.30. The van der Waals surface area contributed by atoms with E-state index in [2.05, 4.69) is 10.00 Å². The number of halogens is 3. The van der Waals surface area contributed by atoms with Gasteiger partial charge in [-0.2, -0.15) is 18.3 Å². The molecule has 2 aliphatic heterocycles. The van der Waals surface area contributed by atoms with Crippen molar-refractivity contribution in [3.05, 3.63) is 48.3 Å². The van der Waals surface area contributed by atoms with Gasteiger partial charge in [0.15, 0.2) is 0 Å². The first-order valence-corrected chi connectivity index (χ1v) is 10.8. The van der Waals surface area contributed by atoms with Gasteiger partial charge in [0.25, 0.3) is 0 Å². The Hall–Kier alpha value is -2.55. The monoisotopic (exact) mass is 435 g/mol. The number of anilines is 1. The summed E-state index contributed by atoms with van der Waals surface area (Å²) in [6.45, 7) is 5.05. The van der Waals surface area contributed by atoms with Gasteiger partial charge in [0.2, 0.25) is 5.91 Å². The number of rotatable bonds is 5. The largest absolute Gasteiger partial charge is 0.416 e. The number of aromatic nitrogens is 2. The fourth-order valence-corrected chi connectivity index (χ4v) is 4.50. The molecule has 0 aliphatic carbocycles. The lowest BCUT2D eigenvalue weighted by Crippen LogP contribution is -2.56. The number of aryl methyl sites for hydroxylation is 1. The number of piperazine rings is 1. The van der Waals surface area contributed by atoms with Crippen molar-refractivity contribution in [2.45, 2.75) is 38.0 Å². The van der Waals surface area contributed by atoms with E-state index in [1.807, 2.05) is 22.1 Å². The summed E-state index contributed by atoms with van der Waals surface area (Å²) in [5, 5.41) is 4.14. The van der Waals surface area contributed by atoms with Crippen LogP contribution in [0.1, 0.15) is 24.8 Å². The number of benzene rings is 1. The minimum Gasteiger partial charge on any atom is -0.369 e. The number of hydrogen-bond donors (Lipinski definition) is 0. The van der Waals surface area contributed by atoms with Gasteiger partial charge in [-0.25, -0.2) is 0 Å². The third-order valence-corrected chi connectivity index (χ3v) is 6.23. The summed E-state index contributed by atoms with van der Waals surface area (Å²) in [6, 6.07) is 7.71. The molecule has 0 spiro atoms. The highest BCUT2D eigenvalue weighted by atomic mass is 19.4. The molecule has 3 heterocycles. The molecule has 2 aromatic rings. The summed E-state index contributed by atoms with van der Waals surface area (Å²) in [5.41, 5.74) is 0.0116. The highest BCUT2D eigenvalue weighted by Crippen LogP contribution is 2.32. The standard InChI is InChI=1S/C22H28F3N5O/c23-22(24,25)18-4-1-5-19(16-18)27-12-14-28(15-13-27)20-6-2-9-29(17-20)21(31)7-11-30-10-3-8-26-30/h1,3-5,8,10,16,20H,2,6-7,9,11-15,17H2/t20-/m0/s1. The average molecular weight is 435 g/mol. The summed E-state index contributed by atoms with van der Waals surface area (Å²) in [6.07, 6.45) is 1.71. The fraction of sp³-hybridized carbons (Fsp3) is 0.545. The molecule has 1 amide bonds. The van der Waals surface area contributed by atoms with Crippen molar-refractivity contribution in [1.82, 2.24) is 19.6 Å². The molecule has 2 saturated heterocycles. The van der Waals surface area contributed by atoms with E-state index in [0.717, 1.165) is 45.1 Å². The highest BCUT2D eigenvalue weighted by Gasteiger charge is 2.32. The van der Waals surface area contributed by atoms with Crippen molar-refractivity contribution in [2.75, 3.05) is 44.2 Å². The number of hydrogen-bond acceptors (Lipinski definition) is 4. The maximum atomic E-state index is 13.0. The number of piperidine rings is 1. The molecular formula is C22H28F3N5O. The molecule has 9 heteroatoms. The van der Waals surface area contributed by atoms with E-state index in [9.17, 15) is 18.0 Å². The first-order chi connectivity index (χ1) is 14.9. The van der Waals surface area contributed by atoms with Crippen molar-refractivity contribution in [3.8, 4) is 0 Å².